The molecule has 1 heteroatoms. The monoisotopic (exact) mass is 272 g/mol. The van der Waals surface area contributed by atoms with Gasteiger partial charge in [0.15, 0.2) is 12.4 Å². The Hall–Kier alpha value is -2.67. The van der Waals surface area contributed by atoms with Crippen LogP contribution in [0.25, 0.3) is 5.70 Å². The molecule has 0 unspecified atom stereocenters. The zero-order chi connectivity index (χ0) is 14.5. The van der Waals surface area contributed by atoms with Gasteiger partial charge in [0.05, 0.1) is 0 Å². The van der Waals surface area contributed by atoms with Gasteiger partial charge in [-0.1, -0.05) is 48.5 Å². The number of nitrogens with zero attached hydrogens (tertiary/aromatic N) is 1. The zero-order valence-electron chi connectivity index (χ0n) is 11.9. The summed E-state index contributed by atoms with van der Waals surface area (Å²) in [6.07, 6.45) is 5.11. The Bertz CT molecular complexity index is 713. The molecule has 0 aliphatic rings. The molecule has 21 heavy (non-hydrogen) atoms. The van der Waals surface area contributed by atoms with E-state index in [4.69, 9.17) is 0 Å². The van der Waals surface area contributed by atoms with Crippen molar-refractivity contribution in [3.63, 3.8) is 0 Å². The smallest absolute Gasteiger partial charge is 0.167 e. The fraction of sp³-hybridized carbons (Fsp3) is 0.0500. The van der Waals surface area contributed by atoms with Crippen molar-refractivity contribution in [2.24, 2.45) is 0 Å². The average molecular weight is 272 g/mol. The zero-order valence-corrected chi connectivity index (χ0v) is 11.9. The van der Waals surface area contributed by atoms with Crippen molar-refractivity contribution in [3.8, 4) is 0 Å². The van der Waals surface area contributed by atoms with Crippen LogP contribution in [0.4, 0.5) is 0 Å². The van der Waals surface area contributed by atoms with Crippen LogP contribution in [0.1, 0.15) is 16.7 Å². The Morgan fingerprint density at radius 1 is 0.714 bits per heavy atom. The second-order valence-electron chi connectivity index (χ2n) is 5.09. The minimum atomic E-state index is 0.958. The number of rotatable bonds is 4. The Balaban J connectivity index is 1.77. The molecular weight excluding hydrogens is 254 g/mol. The summed E-state index contributed by atoms with van der Waals surface area (Å²) in [5, 5.41) is 0. The highest BCUT2D eigenvalue weighted by Gasteiger charge is 2.09. The first-order valence-electron chi connectivity index (χ1n) is 7.12. The van der Waals surface area contributed by atoms with Crippen LogP contribution in [0.2, 0.25) is 0 Å². The molecule has 2 aromatic carbocycles. The fourth-order valence-electron chi connectivity index (χ4n) is 2.37. The second kappa shape index (κ2) is 6.19. The number of hydrogen-bond acceptors (Lipinski definition) is 0. The van der Waals surface area contributed by atoms with Gasteiger partial charge in [0.1, 0.15) is 0 Å². The maximum absolute atomic E-state index is 4.17. The average Bonchev–Trinajstić information content (AvgIpc) is 2.57. The summed E-state index contributed by atoms with van der Waals surface area (Å²) < 4.78 is 2.06. The van der Waals surface area contributed by atoms with Crippen molar-refractivity contribution in [2.75, 3.05) is 0 Å². The molecule has 0 saturated heterocycles. The lowest BCUT2D eigenvalue weighted by Crippen LogP contribution is -2.31. The van der Waals surface area contributed by atoms with Crippen molar-refractivity contribution in [3.05, 3.63) is 108 Å². The molecule has 0 bridgehead atoms. The molecule has 3 aromatic rings. The summed E-state index contributed by atoms with van der Waals surface area (Å²) in [5.41, 5.74) is 4.76. The lowest BCUT2D eigenvalue weighted by molar-refractivity contribution is -0.578. The van der Waals surface area contributed by atoms with E-state index in [-0.39, 0.29) is 0 Å². The first-order chi connectivity index (χ1) is 10.3. The molecular formula is C20H18N+. The molecule has 0 radical (unpaired) electrons. The Labute approximate surface area is 125 Å². The number of pyridine rings is 1. The summed E-state index contributed by atoms with van der Waals surface area (Å²) in [6.45, 7) is 4.17. The van der Waals surface area contributed by atoms with Gasteiger partial charge >= 0.3 is 0 Å². The molecule has 0 spiro atoms. The quantitative estimate of drug-likeness (QED) is 0.630. The van der Waals surface area contributed by atoms with E-state index in [9.17, 15) is 0 Å². The predicted octanol–water partition coefficient (Wildman–Crippen LogP) is 4.08. The lowest BCUT2D eigenvalue weighted by atomic mass is 10.1. The van der Waals surface area contributed by atoms with Crippen LogP contribution >= 0.6 is 0 Å². The van der Waals surface area contributed by atoms with Crippen molar-refractivity contribution in [1.29, 1.82) is 0 Å². The molecule has 102 valence electrons. The highest BCUT2D eigenvalue weighted by atomic mass is 14.9. The normalized spacial score (nSPS) is 10.3. The van der Waals surface area contributed by atoms with Gasteiger partial charge in [-0.25, -0.2) is 0 Å². The van der Waals surface area contributed by atoms with E-state index in [0.29, 0.717) is 0 Å². The van der Waals surface area contributed by atoms with Crippen LogP contribution in [-0.2, 0) is 6.42 Å². The third-order valence-electron chi connectivity index (χ3n) is 3.57. The van der Waals surface area contributed by atoms with Crippen molar-refractivity contribution in [1.82, 2.24) is 0 Å². The number of hydrogen-bond donors (Lipinski definition) is 0. The summed E-state index contributed by atoms with van der Waals surface area (Å²) in [5.74, 6) is 0. The molecule has 1 nitrogen and oxygen atoms in total. The van der Waals surface area contributed by atoms with Gasteiger partial charge in [0, 0.05) is 17.7 Å². The topological polar surface area (TPSA) is 3.88 Å². The van der Waals surface area contributed by atoms with Crippen LogP contribution < -0.4 is 4.57 Å². The highest BCUT2D eigenvalue weighted by Crippen LogP contribution is 2.10. The maximum Gasteiger partial charge on any atom is 0.210 e. The Morgan fingerprint density at radius 3 is 1.86 bits per heavy atom. The predicted molar refractivity (Wildman–Crippen MR) is 86.8 cm³/mol. The molecule has 1 aromatic heterocycles. The van der Waals surface area contributed by atoms with Gasteiger partial charge in [-0.05, 0) is 36.3 Å². The minimum absolute atomic E-state index is 0.958. The minimum Gasteiger partial charge on any atom is -0.167 e. The van der Waals surface area contributed by atoms with Crippen LogP contribution in [0.5, 0.6) is 0 Å². The third-order valence-corrected chi connectivity index (χ3v) is 3.57. The van der Waals surface area contributed by atoms with Gasteiger partial charge in [-0.3, -0.25) is 0 Å². The van der Waals surface area contributed by atoms with Crippen molar-refractivity contribution in [2.45, 2.75) is 6.42 Å². The van der Waals surface area contributed by atoms with E-state index < -0.39 is 0 Å². The highest BCUT2D eigenvalue weighted by molar-refractivity contribution is 5.55. The molecule has 0 saturated carbocycles. The Morgan fingerprint density at radius 2 is 1.24 bits per heavy atom. The van der Waals surface area contributed by atoms with Crippen molar-refractivity contribution >= 4 is 5.70 Å². The van der Waals surface area contributed by atoms with Gasteiger partial charge in [-0.2, -0.15) is 4.57 Å². The second-order valence-corrected chi connectivity index (χ2v) is 5.09. The van der Waals surface area contributed by atoms with Gasteiger partial charge in [0.25, 0.3) is 0 Å². The molecule has 0 atom stereocenters. The summed E-state index contributed by atoms with van der Waals surface area (Å²) in [4.78, 5) is 0. The maximum atomic E-state index is 4.17. The number of benzene rings is 2. The molecule has 3 rings (SSSR count). The van der Waals surface area contributed by atoms with E-state index in [1.807, 2.05) is 24.3 Å². The van der Waals surface area contributed by atoms with Crippen LogP contribution in [0.3, 0.4) is 0 Å². The van der Waals surface area contributed by atoms with Crippen molar-refractivity contribution < 1.29 is 4.57 Å². The molecule has 0 amide bonds. The van der Waals surface area contributed by atoms with E-state index in [1.54, 1.807) is 0 Å². The van der Waals surface area contributed by atoms with E-state index >= 15 is 0 Å². The third kappa shape index (κ3) is 3.26. The number of aromatic nitrogens is 1. The first-order valence-corrected chi connectivity index (χ1v) is 7.12. The molecule has 0 fully saturated rings. The van der Waals surface area contributed by atoms with E-state index in [1.165, 1.54) is 11.1 Å². The lowest BCUT2D eigenvalue weighted by Gasteiger charge is -2.03. The van der Waals surface area contributed by atoms with Crippen LogP contribution in [0.15, 0.2) is 91.8 Å². The largest absolute Gasteiger partial charge is 0.210 e. The summed E-state index contributed by atoms with van der Waals surface area (Å²) >= 11 is 0. The molecule has 0 aliphatic carbocycles. The molecule has 0 N–H and O–H groups in total. The summed E-state index contributed by atoms with van der Waals surface area (Å²) in [7, 11) is 0. The first kappa shape index (κ1) is 13.3. The van der Waals surface area contributed by atoms with E-state index in [2.05, 4.69) is 72.1 Å². The van der Waals surface area contributed by atoms with Crippen LogP contribution in [-0.4, -0.2) is 0 Å². The molecule has 0 aliphatic heterocycles. The van der Waals surface area contributed by atoms with Gasteiger partial charge in [-0.15, -0.1) is 0 Å². The van der Waals surface area contributed by atoms with E-state index in [0.717, 1.165) is 17.7 Å². The molecule has 1 heterocycles. The standard InChI is InChI=1S/C20H18N/c1-17(20-10-6-3-7-11-20)21-14-12-19(13-15-21)16-18-8-4-2-5-9-18/h2-15H,1,16H2/q+1. The Kier molecular flexibility index (Phi) is 3.92. The summed E-state index contributed by atoms with van der Waals surface area (Å²) in [6, 6.07) is 25.1. The van der Waals surface area contributed by atoms with Gasteiger partial charge < -0.3 is 0 Å². The fourth-order valence-corrected chi connectivity index (χ4v) is 2.37. The SMILES string of the molecule is C=C(c1ccccc1)[n+]1ccc(Cc2ccccc2)cc1. The van der Waals surface area contributed by atoms with Gasteiger partial charge in [0.2, 0.25) is 5.70 Å². The van der Waals surface area contributed by atoms with Crippen LogP contribution in [0, 0.1) is 0 Å².